The Morgan fingerprint density at radius 2 is 1.90 bits per heavy atom. The van der Waals surface area contributed by atoms with E-state index in [9.17, 15) is 13.2 Å². The third-order valence-corrected chi connectivity index (χ3v) is 5.78. The van der Waals surface area contributed by atoms with Gasteiger partial charge in [-0.05, 0) is 45.0 Å². The minimum atomic E-state index is -4.34. The van der Waals surface area contributed by atoms with Crippen molar-refractivity contribution in [3.63, 3.8) is 0 Å². The highest BCUT2D eigenvalue weighted by Crippen LogP contribution is 2.36. The standard InChI is InChI=1S/C19H21F3N6S/c1-11-15(17-27-13-4-2-3-5-14(13)29-17)16(26-12-6-8-23-9-7-12)28-18(25-11)24-10-19(20,21)22/h2-5,12,23H,6-10H2,1H3,(H2,24,25,26,28). The molecule has 3 N–H and O–H groups in total. The summed E-state index contributed by atoms with van der Waals surface area (Å²) in [6, 6.07) is 7.99. The molecule has 1 aliphatic rings. The van der Waals surface area contributed by atoms with Gasteiger partial charge in [0.15, 0.2) is 0 Å². The summed E-state index contributed by atoms with van der Waals surface area (Å²) in [6.45, 7) is 2.37. The Morgan fingerprint density at radius 3 is 2.62 bits per heavy atom. The number of anilines is 2. The van der Waals surface area contributed by atoms with E-state index in [1.807, 2.05) is 24.3 Å². The molecule has 0 unspecified atom stereocenters. The molecular formula is C19H21F3N6S. The molecule has 1 saturated heterocycles. The number of piperidine rings is 1. The smallest absolute Gasteiger partial charge is 0.366 e. The maximum atomic E-state index is 12.6. The summed E-state index contributed by atoms with van der Waals surface area (Å²) in [5.41, 5.74) is 2.20. The fourth-order valence-corrected chi connectivity index (χ4v) is 4.39. The van der Waals surface area contributed by atoms with Gasteiger partial charge in [0.25, 0.3) is 0 Å². The minimum absolute atomic E-state index is 0.0406. The lowest BCUT2D eigenvalue weighted by Crippen LogP contribution is -2.35. The van der Waals surface area contributed by atoms with Gasteiger partial charge in [-0.1, -0.05) is 12.1 Å². The predicted molar refractivity (Wildman–Crippen MR) is 109 cm³/mol. The average Bonchev–Trinajstić information content (AvgIpc) is 3.10. The Kier molecular flexibility index (Phi) is 5.55. The van der Waals surface area contributed by atoms with E-state index in [2.05, 4.69) is 25.9 Å². The van der Waals surface area contributed by atoms with Gasteiger partial charge >= 0.3 is 6.18 Å². The number of nitrogens with one attached hydrogen (secondary N) is 3. The quantitative estimate of drug-likeness (QED) is 0.572. The number of aryl methyl sites for hydroxylation is 1. The third kappa shape index (κ3) is 4.76. The van der Waals surface area contributed by atoms with Crippen LogP contribution in [0.5, 0.6) is 0 Å². The summed E-state index contributed by atoms with van der Waals surface area (Å²) in [7, 11) is 0. The first-order valence-electron chi connectivity index (χ1n) is 9.41. The van der Waals surface area contributed by atoms with Gasteiger partial charge in [0.1, 0.15) is 17.4 Å². The van der Waals surface area contributed by atoms with Gasteiger partial charge in [0.2, 0.25) is 5.95 Å². The summed E-state index contributed by atoms with van der Waals surface area (Å²) >= 11 is 1.52. The van der Waals surface area contributed by atoms with Crippen molar-refractivity contribution < 1.29 is 13.2 Å². The average molecular weight is 422 g/mol. The van der Waals surface area contributed by atoms with Crippen molar-refractivity contribution in [2.45, 2.75) is 32.0 Å². The van der Waals surface area contributed by atoms with Crippen LogP contribution in [-0.4, -0.2) is 46.8 Å². The molecule has 1 fully saturated rings. The number of hydrogen-bond donors (Lipinski definition) is 3. The third-order valence-electron chi connectivity index (χ3n) is 4.72. The Balaban J connectivity index is 1.73. The van der Waals surface area contributed by atoms with Gasteiger partial charge in [-0.2, -0.15) is 18.2 Å². The van der Waals surface area contributed by atoms with E-state index in [-0.39, 0.29) is 12.0 Å². The van der Waals surface area contributed by atoms with Crippen molar-refractivity contribution in [3.05, 3.63) is 30.0 Å². The number of para-hydroxylation sites is 1. The summed E-state index contributed by atoms with van der Waals surface area (Å²) in [5.74, 6) is 0.481. The van der Waals surface area contributed by atoms with E-state index in [1.54, 1.807) is 6.92 Å². The predicted octanol–water partition coefficient (Wildman–Crippen LogP) is 4.20. The number of hydrogen-bond acceptors (Lipinski definition) is 7. The summed E-state index contributed by atoms with van der Waals surface area (Å²) in [5, 5.41) is 9.77. The van der Waals surface area contributed by atoms with E-state index in [0.717, 1.165) is 46.7 Å². The number of rotatable bonds is 5. The number of fused-ring (bicyclic) bond motifs is 1. The molecule has 1 aromatic carbocycles. The van der Waals surface area contributed by atoms with Gasteiger partial charge < -0.3 is 16.0 Å². The van der Waals surface area contributed by atoms with Crippen LogP contribution in [-0.2, 0) is 0 Å². The highest BCUT2D eigenvalue weighted by atomic mass is 32.1. The van der Waals surface area contributed by atoms with Crippen molar-refractivity contribution in [2.75, 3.05) is 30.3 Å². The molecule has 10 heteroatoms. The molecule has 0 amide bonds. The zero-order chi connectivity index (χ0) is 20.4. The first-order chi connectivity index (χ1) is 13.9. The van der Waals surface area contributed by atoms with Crippen LogP contribution in [0.15, 0.2) is 24.3 Å². The Morgan fingerprint density at radius 1 is 1.14 bits per heavy atom. The lowest BCUT2D eigenvalue weighted by molar-refractivity contribution is -0.115. The molecule has 4 rings (SSSR count). The van der Waals surface area contributed by atoms with Crippen LogP contribution in [0.2, 0.25) is 0 Å². The van der Waals surface area contributed by atoms with E-state index < -0.39 is 12.7 Å². The van der Waals surface area contributed by atoms with Crippen molar-refractivity contribution in [2.24, 2.45) is 0 Å². The highest BCUT2D eigenvalue weighted by Gasteiger charge is 2.28. The number of nitrogens with zero attached hydrogens (tertiary/aromatic N) is 3. The molecule has 3 aromatic rings. The topological polar surface area (TPSA) is 74.8 Å². The van der Waals surface area contributed by atoms with Crippen molar-refractivity contribution in [3.8, 4) is 10.6 Å². The van der Waals surface area contributed by atoms with Gasteiger partial charge in [-0.25, -0.2) is 9.97 Å². The molecule has 0 saturated carbocycles. The molecule has 29 heavy (non-hydrogen) atoms. The van der Waals surface area contributed by atoms with Crippen LogP contribution in [0.1, 0.15) is 18.5 Å². The van der Waals surface area contributed by atoms with Gasteiger partial charge in [0.05, 0.1) is 21.5 Å². The summed E-state index contributed by atoms with van der Waals surface area (Å²) in [6.07, 6.45) is -2.52. The monoisotopic (exact) mass is 422 g/mol. The van der Waals surface area contributed by atoms with Crippen LogP contribution in [0, 0.1) is 6.92 Å². The van der Waals surface area contributed by atoms with Crippen molar-refractivity contribution in [1.82, 2.24) is 20.3 Å². The highest BCUT2D eigenvalue weighted by molar-refractivity contribution is 7.21. The van der Waals surface area contributed by atoms with Gasteiger partial charge in [0, 0.05) is 6.04 Å². The first-order valence-corrected chi connectivity index (χ1v) is 10.2. The molecule has 0 radical (unpaired) electrons. The molecule has 0 atom stereocenters. The Hall–Kier alpha value is -2.46. The summed E-state index contributed by atoms with van der Waals surface area (Å²) < 4.78 is 38.9. The molecule has 0 bridgehead atoms. The fourth-order valence-electron chi connectivity index (χ4n) is 3.33. The fraction of sp³-hybridized carbons (Fsp3) is 0.421. The number of thiazole rings is 1. The van der Waals surface area contributed by atoms with E-state index in [0.29, 0.717) is 11.5 Å². The normalized spacial score (nSPS) is 15.6. The lowest BCUT2D eigenvalue weighted by Gasteiger charge is -2.25. The Bertz CT molecular complexity index is 964. The van der Waals surface area contributed by atoms with E-state index in [4.69, 9.17) is 4.98 Å². The SMILES string of the molecule is Cc1nc(NCC(F)(F)F)nc(NC2CCNCC2)c1-c1nc2ccccc2s1. The molecule has 6 nitrogen and oxygen atoms in total. The van der Waals surface area contributed by atoms with E-state index >= 15 is 0 Å². The lowest BCUT2D eigenvalue weighted by atomic mass is 10.1. The molecule has 154 valence electrons. The van der Waals surface area contributed by atoms with Crippen LogP contribution in [0.25, 0.3) is 20.8 Å². The molecule has 0 spiro atoms. The van der Waals surface area contributed by atoms with Crippen LogP contribution < -0.4 is 16.0 Å². The molecule has 3 heterocycles. The Labute approximate surface area is 170 Å². The summed E-state index contributed by atoms with van der Waals surface area (Å²) in [4.78, 5) is 13.4. The zero-order valence-electron chi connectivity index (χ0n) is 15.8. The minimum Gasteiger partial charge on any atom is -0.366 e. The second kappa shape index (κ2) is 8.11. The maximum absolute atomic E-state index is 12.6. The number of benzene rings is 1. The number of halogens is 3. The second-order valence-corrected chi connectivity index (χ2v) is 8.01. The molecule has 0 aliphatic carbocycles. The largest absolute Gasteiger partial charge is 0.405 e. The zero-order valence-corrected chi connectivity index (χ0v) is 16.6. The van der Waals surface area contributed by atoms with Crippen molar-refractivity contribution in [1.29, 1.82) is 0 Å². The maximum Gasteiger partial charge on any atom is 0.405 e. The van der Waals surface area contributed by atoms with E-state index in [1.165, 1.54) is 11.3 Å². The molecule has 1 aliphatic heterocycles. The van der Waals surface area contributed by atoms with Crippen LogP contribution >= 0.6 is 11.3 Å². The van der Waals surface area contributed by atoms with Crippen LogP contribution in [0.4, 0.5) is 24.9 Å². The number of aromatic nitrogens is 3. The van der Waals surface area contributed by atoms with Gasteiger partial charge in [-0.15, -0.1) is 11.3 Å². The van der Waals surface area contributed by atoms with Gasteiger partial charge in [-0.3, -0.25) is 0 Å². The number of alkyl halides is 3. The molecular weight excluding hydrogens is 401 g/mol. The van der Waals surface area contributed by atoms with Crippen molar-refractivity contribution >= 4 is 33.3 Å². The molecule has 2 aromatic heterocycles. The first kappa shape index (κ1) is 19.8. The second-order valence-electron chi connectivity index (χ2n) is 6.98. The van der Waals surface area contributed by atoms with Crippen LogP contribution in [0.3, 0.4) is 0 Å².